The van der Waals surface area contributed by atoms with Crippen molar-refractivity contribution < 1.29 is 22.7 Å². The number of carbonyl (C=O) groups excluding carboxylic acids is 2. The fourth-order valence-corrected chi connectivity index (χ4v) is 5.94. The summed E-state index contributed by atoms with van der Waals surface area (Å²) in [5.41, 5.74) is 3.20. The van der Waals surface area contributed by atoms with Crippen LogP contribution in [-0.4, -0.2) is 43.7 Å². The van der Waals surface area contributed by atoms with E-state index in [0.717, 1.165) is 11.1 Å². The van der Waals surface area contributed by atoms with Crippen LogP contribution in [0.2, 0.25) is 0 Å². The Labute approximate surface area is 194 Å². The molecule has 9 heteroatoms. The number of amides is 2. The molecule has 2 amide bonds. The fourth-order valence-electron chi connectivity index (χ4n) is 4.25. The van der Waals surface area contributed by atoms with E-state index in [1.807, 2.05) is 31.2 Å². The Kier molecular flexibility index (Phi) is 6.45. The van der Waals surface area contributed by atoms with Crippen LogP contribution in [0.4, 0.5) is 5.69 Å². The molecule has 1 atom stereocenters. The fraction of sp³-hybridized carbons (Fsp3) is 0.417. The van der Waals surface area contributed by atoms with Gasteiger partial charge in [0.05, 0.1) is 10.6 Å². The van der Waals surface area contributed by atoms with E-state index in [9.17, 15) is 18.0 Å². The minimum atomic E-state index is -3.76. The van der Waals surface area contributed by atoms with E-state index in [-0.39, 0.29) is 35.7 Å². The van der Waals surface area contributed by atoms with Crippen molar-refractivity contribution in [1.29, 1.82) is 0 Å². The molecule has 4 rings (SSSR count). The highest BCUT2D eigenvalue weighted by atomic mass is 32.2. The van der Waals surface area contributed by atoms with E-state index >= 15 is 0 Å². The van der Waals surface area contributed by atoms with E-state index in [2.05, 4.69) is 10.6 Å². The van der Waals surface area contributed by atoms with Gasteiger partial charge >= 0.3 is 0 Å². The maximum Gasteiger partial charge on any atom is 0.265 e. The highest BCUT2D eigenvalue weighted by Gasteiger charge is 2.34. The van der Waals surface area contributed by atoms with Crippen molar-refractivity contribution in [2.24, 2.45) is 5.92 Å². The molecule has 2 aromatic carbocycles. The number of nitrogens with zero attached hydrogens (tertiary/aromatic N) is 1. The molecule has 0 aliphatic carbocycles. The monoisotopic (exact) mass is 471 g/mol. The molecule has 0 unspecified atom stereocenters. The third-order valence-corrected chi connectivity index (χ3v) is 8.41. The molecule has 1 saturated heterocycles. The van der Waals surface area contributed by atoms with Crippen molar-refractivity contribution in [3.63, 3.8) is 0 Å². The molecule has 8 nitrogen and oxygen atoms in total. The molecule has 2 aromatic rings. The SMILES string of the molecule is Cc1ccccc1CNC(=O)C1CCN(S(=O)(=O)c2cc3c(cc2C)NC(=O)[C@@H](C)O3)CC1. The third kappa shape index (κ3) is 4.74. The molecular formula is C24H29N3O5S. The number of rotatable bonds is 5. The van der Waals surface area contributed by atoms with Gasteiger partial charge in [0.15, 0.2) is 6.10 Å². The molecule has 2 N–H and O–H groups in total. The predicted molar refractivity (Wildman–Crippen MR) is 124 cm³/mol. The minimum Gasteiger partial charge on any atom is -0.479 e. The van der Waals surface area contributed by atoms with Crippen LogP contribution in [0.3, 0.4) is 0 Å². The Morgan fingerprint density at radius 2 is 1.85 bits per heavy atom. The second-order valence-corrected chi connectivity index (χ2v) is 10.6. The normalized spacial score (nSPS) is 19.4. The van der Waals surface area contributed by atoms with Crippen molar-refractivity contribution >= 4 is 27.5 Å². The second kappa shape index (κ2) is 9.15. The van der Waals surface area contributed by atoms with Crippen LogP contribution in [0, 0.1) is 19.8 Å². The zero-order chi connectivity index (χ0) is 23.8. The summed E-state index contributed by atoms with van der Waals surface area (Å²) >= 11 is 0. The Balaban J connectivity index is 1.41. The summed E-state index contributed by atoms with van der Waals surface area (Å²) in [6.45, 7) is 6.33. The number of fused-ring (bicyclic) bond motifs is 1. The number of hydrogen-bond donors (Lipinski definition) is 2. The lowest BCUT2D eigenvalue weighted by molar-refractivity contribution is -0.126. The van der Waals surface area contributed by atoms with Crippen LogP contribution >= 0.6 is 0 Å². The van der Waals surface area contributed by atoms with Gasteiger partial charge in [0.25, 0.3) is 5.91 Å². The molecule has 0 aromatic heterocycles. The quantitative estimate of drug-likeness (QED) is 0.698. The molecule has 0 radical (unpaired) electrons. The first-order chi connectivity index (χ1) is 15.7. The van der Waals surface area contributed by atoms with Gasteiger partial charge in [-0.25, -0.2) is 8.42 Å². The zero-order valence-electron chi connectivity index (χ0n) is 19.1. The number of aryl methyl sites for hydroxylation is 2. The number of sulfonamides is 1. The molecule has 0 spiro atoms. The van der Waals surface area contributed by atoms with Crippen LogP contribution in [0.1, 0.15) is 36.5 Å². The minimum absolute atomic E-state index is 0.0432. The summed E-state index contributed by atoms with van der Waals surface area (Å²) < 4.78 is 33.7. The van der Waals surface area contributed by atoms with Crippen LogP contribution in [0.15, 0.2) is 41.3 Å². The summed E-state index contributed by atoms with van der Waals surface area (Å²) in [5, 5.41) is 5.73. The molecular weight excluding hydrogens is 442 g/mol. The molecule has 1 fully saturated rings. The first-order valence-corrected chi connectivity index (χ1v) is 12.6. The third-order valence-electron chi connectivity index (χ3n) is 6.36. The molecule has 2 heterocycles. The van der Waals surface area contributed by atoms with Gasteiger partial charge in [0.2, 0.25) is 15.9 Å². The lowest BCUT2D eigenvalue weighted by Gasteiger charge is -2.31. The topological polar surface area (TPSA) is 105 Å². The van der Waals surface area contributed by atoms with Gasteiger partial charge < -0.3 is 15.4 Å². The average molecular weight is 472 g/mol. The molecule has 2 aliphatic heterocycles. The summed E-state index contributed by atoms with van der Waals surface area (Å²) in [5.74, 6) is -0.181. The molecule has 33 heavy (non-hydrogen) atoms. The lowest BCUT2D eigenvalue weighted by Crippen LogP contribution is -2.43. The summed E-state index contributed by atoms with van der Waals surface area (Å²) in [6, 6.07) is 11.0. The Hall–Kier alpha value is -2.91. The summed E-state index contributed by atoms with van der Waals surface area (Å²) in [4.78, 5) is 24.6. The van der Waals surface area contributed by atoms with E-state index < -0.39 is 16.1 Å². The van der Waals surface area contributed by atoms with Crippen molar-refractivity contribution in [2.75, 3.05) is 18.4 Å². The molecule has 2 aliphatic rings. The highest BCUT2D eigenvalue weighted by Crippen LogP contribution is 2.36. The number of benzene rings is 2. The van der Waals surface area contributed by atoms with Gasteiger partial charge in [0.1, 0.15) is 5.75 Å². The van der Waals surface area contributed by atoms with Gasteiger partial charge in [-0.05, 0) is 56.4 Å². The molecule has 0 saturated carbocycles. The average Bonchev–Trinajstić information content (AvgIpc) is 2.79. The van der Waals surface area contributed by atoms with E-state index in [1.54, 1.807) is 19.9 Å². The Morgan fingerprint density at radius 3 is 2.55 bits per heavy atom. The predicted octanol–water partition coefficient (Wildman–Crippen LogP) is 2.74. The van der Waals surface area contributed by atoms with Crippen LogP contribution in [0.25, 0.3) is 0 Å². The summed E-state index contributed by atoms with van der Waals surface area (Å²) in [7, 11) is -3.76. The molecule has 0 bridgehead atoms. The van der Waals surface area contributed by atoms with E-state index in [1.165, 1.54) is 10.4 Å². The first kappa shape index (κ1) is 23.3. The number of hydrogen-bond acceptors (Lipinski definition) is 5. The standard InChI is InChI=1S/C24H29N3O5S/c1-15-6-4-5-7-19(15)14-25-24(29)18-8-10-27(11-9-18)33(30,31)22-13-21-20(12-16(22)2)26-23(28)17(3)32-21/h4-7,12-13,17-18H,8-11,14H2,1-3H3,(H,25,29)(H,26,28)/t17-/m1/s1. The Bertz CT molecular complexity index is 1190. The van der Waals surface area contributed by atoms with Gasteiger partial charge in [-0.15, -0.1) is 0 Å². The highest BCUT2D eigenvalue weighted by molar-refractivity contribution is 7.89. The van der Waals surface area contributed by atoms with E-state index in [0.29, 0.717) is 36.4 Å². The Morgan fingerprint density at radius 1 is 1.15 bits per heavy atom. The molecule has 176 valence electrons. The number of anilines is 1. The van der Waals surface area contributed by atoms with Crippen molar-refractivity contribution in [1.82, 2.24) is 9.62 Å². The number of carbonyl (C=O) groups is 2. The van der Waals surface area contributed by atoms with Crippen molar-refractivity contribution in [3.05, 3.63) is 53.1 Å². The van der Waals surface area contributed by atoms with Crippen molar-refractivity contribution in [2.45, 2.75) is 51.2 Å². The number of nitrogens with one attached hydrogen (secondary N) is 2. The number of piperidine rings is 1. The smallest absolute Gasteiger partial charge is 0.265 e. The van der Waals surface area contributed by atoms with Gasteiger partial charge in [-0.2, -0.15) is 4.31 Å². The van der Waals surface area contributed by atoms with Crippen LogP contribution in [0.5, 0.6) is 5.75 Å². The van der Waals surface area contributed by atoms with Crippen LogP contribution < -0.4 is 15.4 Å². The number of ether oxygens (including phenoxy) is 1. The first-order valence-electron chi connectivity index (χ1n) is 11.1. The van der Waals surface area contributed by atoms with Crippen LogP contribution in [-0.2, 0) is 26.2 Å². The maximum atomic E-state index is 13.3. The van der Waals surface area contributed by atoms with Gasteiger partial charge in [-0.1, -0.05) is 24.3 Å². The zero-order valence-corrected chi connectivity index (χ0v) is 19.9. The van der Waals surface area contributed by atoms with E-state index in [4.69, 9.17) is 4.74 Å². The largest absolute Gasteiger partial charge is 0.479 e. The lowest BCUT2D eigenvalue weighted by atomic mass is 9.97. The summed E-state index contributed by atoms with van der Waals surface area (Å²) in [6.07, 6.45) is 0.239. The van der Waals surface area contributed by atoms with Gasteiger partial charge in [-0.3, -0.25) is 9.59 Å². The maximum absolute atomic E-state index is 13.3. The van der Waals surface area contributed by atoms with Crippen molar-refractivity contribution in [3.8, 4) is 5.75 Å². The second-order valence-electron chi connectivity index (χ2n) is 8.69. The van der Waals surface area contributed by atoms with Gasteiger partial charge in [0, 0.05) is 31.6 Å².